The summed E-state index contributed by atoms with van der Waals surface area (Å²) < 4.78 is 22.1. The molecule has 2 rings (SSSR count). The molecule has 0 radical (unpaired) electrons. The van der Waals surface area contributed by atoms with Crippen LogP contribution in [0.2, 0.25) is 0 Å². The fourth-order valence-electron chi connectivity index (χ4n) is 2.26. The van der Waals surface area contributed by atoms with Gasteiger partial charge in [-0.1, -0.05) is 13.0 Å². The summed E-state index contributed by atoms with van der Waals surface area (Å²) in [5.74, 6) is 0.0631. The number of carbonyl (C=O) groups is 1. The molecule has 1 aliphatic heterocycles. The van der Waals surface area contributed by atoms with Gasteiger partial charge >= 0.3 is 0 Å². The van der Waals surface area contributed by atoms with Crippen LogP contribution in [0.1, 0.15) is 19.0 Å². The quantitative estimate of drug-likeness (QED) is 0.859. The normalized spacial score (nSPS) is 20.0. The van der Waals surface area contributed by atoms with Gasteiger partial charge < -0.3 is 0 Å². The third kappa shape index (κ3) is 3.51. The van der Waals surface area contributed by atoms with Crippen molar-refractivity contribution in [3.8, 4) is 0 Å². The Hall–Kier alpha value is -1.47. The number of rotatable bonds is 4. The van der Waals surface area contributed by atoms with Crippen molar-refractivity contribution in [1.82, 2.24) is 4.98 Å². The summed E-state index contributed by atoms with van der Waals surface area (Å²) in [6, 6.07) is 5.50. The van der Waals surface area contributed by atoms with E-state index in [1.807, 2.05) is 19.1 Å². The summed E-state index contributed by atoms with van der Waals surface area (Å²) in [6.45, 7) is 2.34. The van der Waals surface area contributed by atoms with Crippen LogP contribution in [0.25, 0.3) is 0 Å². The molecule has 1 saturated heterocycles. The Balaban J connectivity index is 2.15. The first kappa shape index (κ1) is 14.0. The number of primary sulfonamides is 1. The highest BCUT2D eigenvalue weighted by Gasteiger charge is 2.33. The first-order chi connectivity index (χ1) is 8.89. The van der Waals surface area contributed by atoms with Gasteiger partial charge in [0.15, 0.2) is 0 Å². The van der Waals surface area contributed by atoms with Crippen molar-refractivity contribution in [2.45, 2.75) is 19.8 Å². The van der Waals surface area contributed by atoms with Crippen LogP contribution in [-0.4, -0.2) is 31.6 Å². The minimum Gasteiger partial charge on any atom is -0.296 e. The zero-order valence-electron chi connectivity index (χ0n) is 10.7. The molecule has 104 valence electrons. The van der Waals surface area contributed by atoms with E-state index in [1.165, 1.54) is 4.90 Å². The summed E-state index contributed by atoms with van der Waals surface area (Å²) in [5, 5.41) is 5.02. The summed E-state index contributed by atoms with van der Waals surface area (Å²) >= 11 is 0. The average molecular weight is 283 g/mol. The summed E-state index contributed by atoms with van der Waals surface area (Å²) in [5.41, 5.74) is 0.903. The smallest absolute Gasteiger partial charge is 0.228 e. The van der Waals surface area contributed by atoms with E-state index >= 15 is 0 Å². The number of carbonyl (C=O) groups excluding carboxylic acids is 1. The molecule has 1 atom stereocenters. The zero-order chi connectivity index (χ0) is 14.0. The van der Waals surface area contributed by atoms with E-state index in [9.17, 15) is 13.2 Å². The predicted octanol–water partition coefficient (Wildman–Crippen LogP) is 0.285. The predicted molar refractivity (Wildman–Crippen MR) is 72.0 cm³/mol. The number of hydrogen-bond donors (Lipinski definition) is 1. The van der Waals surface area contributed by atoms with Crippen molar-refractivity contribution in [1.29, 1.82) is 0 Å². The molecule has 1 aromatic heterocycles. The van der Waals surface area contributed by atoms with Gasteiger partial charge in [-0.25, -0.2) is 18.5 Å². The molecule has 1 unspecified atom stereocenters. The van der Waals surface area contributed by atoms with Crippen molar-refractivity contribution in [3.05, 3.63) is 23.9 Å². The van der Waals surface area contributed by atoms with Crippen molar-refractivity contribution in [2.24, 2.45) is 11.1 Å². The number of aromatic nitrogens is 1. The zero-order valence-corrected chi connectivity index (χ0v) is 11.6. The second-order valence-corrected chi connectivity index (χ2v) is 6.40. The van der Waals surface area contributed by atoms with Gasteiger partial charge in [-0.05, 0) is 18.6 Å². The highest BCUT2D eigenvalue weighted by molar-refractivity contribution is 7.89. The van der Waals surface area contributed by atoms with Crippen LogP contribution in [0.5, 0.6) is 0 Å². The first-order valence-electron chi connectivity index (χ1n) is 6.16. The van der Waals surface area contributed by atoms with Gasteiger partial charge in [0.2, 0.25) is 15.9 Å². The lowest BCUT2D eigenvalue weighted by Gasteiger charge is -2.16. The maximum absolute atomic E-state index is 11.9. The molecule has 0 aromatic carbocycles. The second-order valence-electron chi connectivity index (χ2n) is 4.74. The average Bonchev–Trinajstić information content (AvgIpc) is 2.68. The number of anilines is 1. The van der Waals surface area contributed by atoms with Crippen LogP contribution in [0.3, 0.4) is 0 Å². The molecule has 1 aromatic rings. The molecule has 0 spiro atoms. The van der Waals surface area contributed by atoms with Gasteiger partial charge in [-0.3, -0.25) is 9.69 Å². The van der Waals surface area contributed by atoms with Crippen LogP contribution in [-0.2, 0) is 21.2 Å². The second kappa shape index (κ2) is 5.26. The van der Waals surface area contributed by atoms with Crippen molar-refractivity contribution < 1.29 is 13.2 Å². The van der Waals surface area contributed by atoms with Crippen molar-refractivity contribution >= 4 is 21.7 Å². The van der Waals surface area contributed by atoms with E-state index in [4.69, 9.17) is 5.14 Å². The Morgan fingerprint density at radius 3 is 2.84 bits per heavy atom. The van der Waals surface area contributed by atoms with E-state index in [2.05, 4.69) is 4.98 Å². The van der Waals surface area contributed by atoms with Crippen molar-refractivity contribution in [3.63, 3.8) is 0 Å². The van der Waals surface area contributed by atoms with Gasteiger partial charge in [0.25, 0.3) is 0 Å². The number of sulfonamides is 1. The topological polar surface area (TPSA) is 93.4 Å². The van der Waals surface area contributed by atoms with Crippen LogP contribution in [0.15, 0.2) is 18.2 Å². The largest absolute Gasteiger partial charge is 0.296 e. The van der Waals surface area contributed by atoms with Gasteiger partial charge in [0.1, 0.15) is 5.82 Å². The van der Waals surface area contributed by atoms with E-state index in [-0.39, 0.29) is 24.0 Å². The standard InChI is InChI=1S/C12H17N3O3S/c1-2-10-4-3-5-11(14-10)15-7-9(6-12(15)16)8-19(13,17)18/h3-5,9H,2,6-8H2,1H3,(H2,13,17,18). The minimum atomic E-state index is -3.55. The summed E-state index contributed by atoms with van der Waals surface area (Å²) in [4.78, 5) is 17.8. The fraction of sp³-hybridized carbons (Fsp3) is 0.500. The van der Waals surface area contributed by atoms with Crippen LogP contribution in [0, 0.1) is 5.92 Å². The third-order valence-corrected chi connectivity index (χ3v) is 4.04. The molecule has 2 heterocycles. The Kier molecular flexibility index (Phi) is 3.86. The highest BCUT2D eigenvalue weighted by atomic mass is 32.2. The van der Waals surface area contributed by atoms with Gasteiger partial charge in [-0.15, -0.1) is 0 Å². The fourth-order valence-corrected chi connectivity index (χ4v) is 3.14. The van der Waals surface area contributed by atoms with Crippen LogP contribution >= 0.6 is 0 Å². The van der Waals surface area contributed by atoms with E-state index < -0.39 is 10.0 Å². The SMILES string of the molecule is CCc1cccc(N2CC(CS(N)(=O)=O)CC2=O)n1. The Morgan fingerprint density at radius 2 is 2.21 bits per heavy atom. The number of nitrogens with two attached hydrogens (primary N) is 1. The molecule has 7 heteroatoms. The Morgan fingerprint density at radius 1 is 1.47 bits per heavy atom. The molecule has 1 aliphatic rings. The maximum atomic E-state index is 11.9. The Labute approximate surface area is 112 Å². The van der Waals surface area contributed by atoms with E-state index in [0.717, 1.165) is 12.1 Å². The Bertz CT molecular complexity index is 586. The van der Waals surface area contributed by atoms with Crippen molar-refractivity contribution in [2.75, 3.05) is 17.2 Å². The lowest BCUT2D eigenvalue weighted by Crippen LogP contribution is -2.28. The molecule has 2 N–H and O–H groups in total. The number of nitrogens with zero attached hydrogens (tertiary/aromatic N) is 2. The molecule has 6 nitrogen and oxygen atoms in total. The van der Waals surface area contributed by atoms with Crippen LogP contribution < -0.4 is 10.0 Å². The molecular weight excluding hydrogens is 266 g/mol. The molecule has 0 bridgehead atoms. The first-order valence-corrected chi connectivity index (χ1v) is 7.87. The van der Waals surface area contributed by atoms with E-state index in [0.29, 0.717) is 12.4 Å². The number of aryl methyl sites for hydroxylation is 1. The monoisotopic (exact) mass is 283 g/mol. The molecule has 19 heavy (non-hydrogen) atoms. The van der Waals surface area contributed by atoms with Gasteiger partial charge in [0.05, 0.1) is 5.75 Å². The molecule has 1 amide bonds. The van der Waals surface area contributed by atoms with E-state index in [1.54, 1.807) is 6.07 Å². The molecule has 0 aliphatic carbocycles. The molecular formula is C12H17N3O3S. The number of amides is 1. The third-order valence-electron chi connectivity index (χ3n) is 3.10. The summed E-state index contributed by atoms with van der Waals surface area (Å²) in [6.07, 6.45) is 0.991. The minimum absolute atomic E-state index is 0.102. The molecule has 0 saturated carbocycles. The lowest BCUT2D eigenvalue weighted by atomic mass is 10.1. The van der Waals surface area contributed by atoms with Gasteiger partial charge in [-0.2, -0.15) is 0 Å². The summed E-state index contributed by atoms with van der Waals surface area (Å²) in [7, 11) is -3.55. The highest BCUT2D eigenvalue weighted by Crippen LogP contribution is 2.24. The molecule has 1 fully saturated rings. The van der Waals surface area contributed by atoms with Gasteiger partial charge in [0, 0.05) is 24.6 Å². The lowest BCUT2D eigenvalue weighted by molar-refractivity contribution is -0.117. The maximum Gasteiger partial charge on any atom is 0.228 e. The number of pyridine rings is 1. The van der Waals surface area contributed by atoms with Crippen LogP contribution in [0.4, 0.5) is 5.82 Å². The number of hydrogen-bond acceptors (Lipinski definition) is 4.